The quantitative estimate of drug-likeness (QED) is 0.392. The molecule has 1 saturated carbocycles. The summed E-state index contributed by atoms with van der Waals surface area (Å²) < 4.78 is 1.39. The molecule has 5 rings (SSSR count). The van der Waals surface area contributed by atoms with Crippen LogP contribution in [0.3, 0.4) is 0 Å². The number of carbonyl (C=O) groups is 1. The van der Waals surface area contributed by atoms with E-state index in [0.29, 0.717) is 38.6 Å². The van der Waals surface area contributed by atoms with Gasteiger partial charge >= 0.3 is 0 Å². The number of aromatic nitrogens is 3. The van der Waals surface area contributed by atoms with Gasteiger partial charge in [0.1, 0.15) is 5.01 Å². The molecule has 1 amide bonds. The lowest BCUT2D eigenvalue weighted by atomic mass is 10.2. The van der Waals surface area contributed by atoms with Crippen LogP contribution in [-0.4, -0.2) is 20.5 Å². The molecule has 0 atom stereocenters. The summed E-state index contributed by atoms with van der Waals surface area (Å²) >= 11 is 9.00. The summed E-state index contributed by atoms with van der Waals surface area (Å²) in [6, 6.07) is 15.9. The fraction of sp³-hybridized carbons (Fsp3) is 0.182. The third-order valence-corrected chi connectivity index (χ3v) is 7.25. The van der Waals surface area contributed by atoms with Crippen LogP contribution >= 0.6 is 34.7 Å². The lowest BCUT2D eigenvalue weighted by Crippen LogP contribution is -2.15. The zero-order chi connectivity index (χ0) is 21.4. The maximum Gasteiger partial charge on any atom is 0.275 e. The first-order chi connectivity index (χ1) is 15.1. The predicted molar refractivity (Wildman–Crippen MR) is 125 cm³/mol. The normalized spacial score (nSPS) is 13.5. The summed E-state index contributed by atoms with van der Waals surface area (Å²) in [6.45, 7) is 0. The molecule has 2 aromatic carbocycles. The molecule has 0 unspecified atom stereocenters. The van der Waals surface area contributed by atoms with E-state index in [4.69, 9.17) is 11.6 Å². The SMILES string of the molecule is O=C(Nc1ccccc1SCc1cc(=O)n2nc(C3CC3)sc2n1)c1cccc(Cl)c1. The first-order valence-electron chi connectivity index (χ1n) is 9.75. The molecule has 156 valence electrons. The van der Waals surface area contributed by atoms with Gasteiger partial charge in [-0.2, -0.15) is 9.61 Å². The number of carbonyl (C=O) groups excluding carboxylic acids is 1. The van der Waals surface area contributed by atoms with E-state index in [0.717, 1.165) is 22.7 Å². The van der Waals surface area contributed by atoms with Crippen molar-refractivity contribution in [3.05, 3.63) is 86.2 Å². The smallest absolute Gasteiger partial charge is 0.275 e. The Bertz CT molecular complexity index is 1350. The molecule has 0 spiro atoms. The number of nitrogens with one attached hydrogen (secondary N) is 1. The molecule has 4 aromatic rings. The molecule has 31 heavy (non-hydrogen) atoms. The van der Waals surface area contributed by atoms with Crippen molar-refractivity contribution in [1.82, 2.24) is 14.6 Å². The second-order valence-corrected chi connectivity index (χ2v) is 9.69. The zero-order valence-electron chi connectivity index (χ0n) is 16.2. The van der Waals surface area contributed by atoms with Gasteiger partial charge in [0.25, 0.3) is 11.5 Å². The molecular weight excluding hydrogens is 452 g/mol. The van der Waals surface area contributed by atoms with Crippen molar-refractivity contribution in [1.29, 1.82) is 0 Å². The number of benzene rings is 2. The Morgan fingerprint density at radius 2 is 2.03 bits per heavy atom. The number of halogens is 1. The van der Waals surface area contributed by atoms with Gasteiger partial charge in [-0.05, 0) is 43.2 Å². The minimum atomic E-state index is -0.231. The van der Waals surface area contributed by atoms with Crippen molar-refractivity contribution in [3.63, 3.8) is 0 Å². The van der Waals surface area contributed by atoms with Crippen LogP contribution in [0, 0.1) is 0 Å². The molecule has 1 N–H and O–H groups in total. The molecule has 0 aliphatic heterocycles. The van der Waals surface area contributed by atoms with Gasteiger partial charge in [-0.1, -0.05) is 41.1 Å². The fourth-order valence-corrected chi connectivity index (χ4v) is 5.29. The summed E-state index contributed by atoms with van der Waals surface area (Å²) in [5.74, 6) is 0.761. The molecule has 0 radical (unpaired) electrons. The Balaban J connectivity index is 1.34. The van der Waals surface area contributed by atoms with Crippen LogP contribution in [0.2, 0.25) is 5.02 Å². The molecule has 0 saturated heterocycles. The maximum absolute atomic E-state index is 12.6. The van der Waals surface area contributed by atoms with Crippen LogP contribution in [0.5, 0.6) is 0 Å². The number of nitrogens with zero attached hydrogens (tertiary/aromatic N) is 3. The van der Waals surface area contributed by atoms with Crippen molar-refractivity contribution in [2.45, 2.75) is 29.4 Å². The third kappa shape index (κ3) is 4.51. The second kappa shape index (κ2) is 8.45. The van der Waals surface area contributed by atoms with E-state index in [2.05, 4.69) is 15.4 Å². The molecule has 6 nitrogen and oxygen atoms in total. The summed E-state index contributed by atoms with van der Waals surface area (Å²) in [7, 11) is 0. The van der Waals surface area contributed by atoms with Gasteiger partial charge in [-0.15, -0.1) is 11.8 Å². The number of hydrogen-bond acceptors (Lipinski definition) is 6. The Labute approximate surface area is 191 Å². The number of rotatable bonds is 6. The maximum atomic E-state index is 12.6. The number of thioether (sulfide) groups is 1. The van der Waals surface area contributed by atoms with Crippen LogP contribution in [0.4, 0.5) is 5.69 Å². The number of anilines is 1. The molecule has 2 aromatic heterocycles. The first kappa shape index (κ1) is 20.2. The lowest BCUT2D eigenvalue weighted by molar-refractivity contribution is 0.102. The number of fused-ring (bicyclic) bond motifs is 1. The zero-order valence-corrected chi connectivity index (χ0v) is 18.6. The monoisotopic (exact) mass is 468 g/mol. The minimum Gasteiger partial charge on any atom is -0.321 e. The minimum absolute atomic E-state index is 0.161. The van der Waals surface area contributed by atoms with Gasteiger partial charge in [0.2, 0.25) is 4.96 Å². The van der Waals surface area contributed by atoms with E-state index < -0.39 is 0 Å². The average molecular weight is 469 g/mol. The van der Waals surface area contributed by atoms with Gasteiger partial charge < -0.3 is 5.32 Å². The Morgan fingerprint density at radius 3 is 2.84 bits per heavy atom. The highest BCUT2D eigenvalue weighted by molar-refractivity contribution is 7.98. The highest BCUT2D eigenvalue weighted by Gasteiger charge is 2.28. The molecular formula is C22H17ClN4O2S2. The Kier molecular flexibility index (Phi) is 5.52. The molecule has 1 fully saturated rings. The third-order valence-electron chi connectivity index (χ3n) is 4.84. The van der Waals surface area contributed by atoms with Gasteiger partial charge in [0.05, 0.1) is 11.4 Å². The van der Waals surface area contributed by atoms with Crippen LogP contribution in [0.25, 0.3) is 4.96 Å². The average Bonchev–Trinajstić information content (AvgIpc) is 3.52. The van der Waals surface area contributed by atoms with Crippen LogP contribution < -0.4 is 10.9 Å². The summed E-state index contributed by atoms with van der Waals surface area (Å²) in [5, 5.41) is 8.85. The van der Waals surface area contributed by atoms with Crippen molar-refractivity contribution >= 4 is 51.3 Å². The van der Waals surface area contributed by atoms with Crippen molar-refractivity contribution in [2.24, 2.45) is 0 Å². The van der Waals surface area contributed by atoms with Crippen molar-refractivity contribution in [2.75, 3.05) is 5.32 Å². The summed E-state index contributed by atoms with van der Waals surface area (Å²) in [6.07, 6.45) is 2.27. The Morgan fingerprint density at radius 1 is 1.19 bits per heavy atom. The fourth-order valence-electron chi connectivity index (χ4n) is 3.11. The Hall–Kier alpha value is -2.68. The van der Waals surface area contributed by atoms with E-state index >= 15 is 0 Å². The number of hydrogen-bond donors (Lipinski definition) is 1. The molecule has 2 heterocycles. The van der Waals surface area contributed by atoms with Crippen LogP contribution in [0.1, 0.15) is 39.8 Å². The first-order valence-corrected chi connectivity index (χ1v) is 11.9. The van der Waals surface area contributed by atoms with Gasteiger partial charge in [0.15, 0.2) is 0 Å². The topological polar surface area (TPSA) is 76.4 Å². The van der Waals surface area contributed by atoms with E-state index in [1.807, 2.05) is 24.3 Å². The van der Waals surface area contributed by atoms with E-state index in [-0.39, 0.29) is 11.5 Å². The molecule has 0 bridgehead atoms. The molecule has 9 heteroatoms. The summed E-state index contributed by atoms with van der Waals surface area (Å²) in [5.41, 5.74) is 1.72. The van der Waals surface area contributed by atoms with Crippen molar-refractivity contribution in [3.8, 4) is 0 Å². The van der Waals surface area contributed by atoms with Gasteiger partial charge in [0, 0.05) is 33.2 Å². The number of amides is 1. The predicted octanol–water partition coefficient (Wildman–Crippen LogP) is 5.23. The van der Waals surface area contributed by atoms with Gasteiger partial charge in [-0.3, -0.25) is 9.59 Å². The number of para-hydroxylation sites is 1. The van der Waals surface area contributed by atoms with Gasteiger partial charge in [-0.25, -0.2) is 4.98 Å². The second-order valence-electron chi connectivity index (χ2n) is 7.24. The highest BCUT2D eigenvalue weighted by atomic mass is 35.5. The van der Waals surface area contributed by atoms with Crippen LogP contribution in [-0.2, 0) is 5.75 Å². The van der Waals surface area contributed by atoms with E-state index in [1.165, 1.54) is 33.7 Å². The van der Waals surface area contributed by atoms with Crippen molar-refractivity contribution < 1.29 is 4.79 Å². The van der Waals surface area contributed by atoms with E-state index in [1.54, 1.807) is 24.3 Å². The largest absolute Gasteiger partial charge is 0.321 e. The van der Waals surface area contributed by atoms with E-state index in [9.17, 15) is 9.59 Å². The standard InChI is InChI=1S/C22H17ClN4O2S2/c23-15-5-3-4-14(10-15)20(29)25-17-6-1-2-7-18(17)30-12-16-11-19(28)27-22(24-16)31-21(26-27)13-8-9-13/h1-7,10-11,13H,8-9,12H2,(H,25,29). The molecule has 1 aliphatic carbocycles. The highest BCUT2D eigenvalue weighted by Crippen LogP contribution is 2.41. The van der Waals surface area contributed by atoms with Crippen LogP contribution in [0.15, 0.2) is 64.3 Å². The lowest BCUT2D eigenvalue weighted by Gasteiger charge is -2.11. The molecule has 1 aliphatic rings. The summed E-state index contributed by atoms with van der Waals surface area (Å²) in [4.78, 5) is 31.2.